The molecule has 1 aromatic carbocycles. The van der Waals surface area contributed by atoms with Crippen molar-refractivity contribution in [1.29, 1.82) is 0 Å². The van der Waals surface area contributed by atoms with Crippen molar-refractivity contribution in [3.05, 3.63) is 35.4 Å². The van der Waals surface area contributed by atoms with Crippen LogP contribution in [0.3, 0.4) is 0 Å². The van der Waals surface area contributed by atoms with Gasteiger partial charge in [-0.3, -0.25) is 4.79 Å². The third-order valence-corrected chi connectivity index (χ3v) is 2.54. The second-order valence-electron chi connectivity index (χ2n) is 4.33. The predicted octanol–water partition coefficient (Wildman–Crippen LogP) is 1.91. The number of carbonyl (C=O) groups excluding carboxylic acids is 1. The summed E-state index contributed by atoms with van der Waals surface area (Å²) in [5.41, 5.74) is 7.92. The molecule has 0 saturated carbocycles. The van der Waals surface area contributed by atoms with Crippen molar-refractivity contribution in [1.82, 2.24) is 5.32 Å². The van der Waals surface area contributed by atoms with Crippen LogP contribution in [0.5, 0.6) is 0 Å². The van der Waals surface area contributed by atoms with E-state index in [1.807, 2.05) is 45.0 Å². The smallest absolute Gasteiger partial charge is 0.222 e. The van der Waals surface area contributed by atoms with Gasteiger partial charge in [-0.15, -0.1) is 0 Å². The number of nitrogens with one attached hydrogen (secondary N) is 1. The summed E-state index contributed by atoms with van der Waals surface area (Å²) in [6, 6.07) is 8.00. The molecule has 3 heteroatoms. The maximum absolute atomic E-state index is 11.6. The Morgan fingerprint density at radius 1 is 1.38 bits per heavy atom. The van der Waals surface area contributed by atoms with Crippen molar-refractivity contribution in [2.75, 3.05) is 0 Å². The van der Waals surface area contributed by atoms with Crippen molar-refractivity contribution in [2.45, 2.75) is 39.3 Å². The zero-order chi connectivity index (χ0) is 12.1. The molecule has 0 aliphatic carbocycles. The van der Waals surface area contributed by atoms with Gasteiger partial charge in [0.15, 0.2) is 0 Å². The number of aryl methyl sites for hydroxylation is 1. The van der Waals surface area contributed by atoms with Crippen LogP contribution in [0.4, 0.5) is 0 Å². The van der Waals surface area contributed by atoms with E-state index in [1.54, 1.807) is 0 Å². The molecular formula is C13H20N2O. The van der Waals surface area contributed by atoms with E-state index in [4.69, 9.17) is 5.73 Å². The quantitative estimate of drug-likeness (QED) is 0.814. The minimum atomic E-state index is -0.0935. The normalized spacial score (nSPS) is 14.2. The molecule has 0 spiro atoms. The first kappa shape index (κ1) is 12.7. The lowest BCUT2D eigenvalue weighted by Gasteiger charge is -2.17. The Kier molecular flexibility index (Phi) is 4.50. The number of nitrogens with two attached hydrogens (primary N) is 1. The molecule has 88 valence electrons. The van der Waals surface area contributed by atoms with Gasteiger partial charge in [-0.1, -0.05) is 24.3 Å². The monoisotopic (exact) mass is 220 g/mol. The highest BCUT2D eigenvalue weighted by Gasteiger charge is 2.11. The number of benzene rings is 1. The molecule has 3 nitrogen and oxygen atoms in total. The summed E-state index contributed by atoms with van der Waals surface area (Å²) in [5.74, 6) is 0.00533. The summed E-state index contributed by atoms with van der Waals surface area (Å²) in [6.07, 6.45) is 0.371. The van der Waals surface area contributed by atoms with Crippen LogP contribution in [0.2, 0.25) is 0 Å². The second-order valence-corrected chi connectivity index (χ2v) is 4.33. The molecule has 1 aromatic rings. The fourth-order valence-electron chi connectivity index (χ4n) is 1.74. The second kappa shape index (κ2) is 5.66. The molecular weight excluding hydrogens is 200 g/mol. The van der Waals surface area contributed by atoms with Crippen molar-refractivity contribution in [2.24, 2.45) is 5.73 Å². The van der Waals surface area contributed by atoms with E-state index < -0.39 is 0 Å². The molecule has 3 N–H and O–H groups in total. The molecule has 0 aliphatic rings. The highest BCUT2D eigenvalue weighted by atomic mass is 16.1. The van der Waals surface area contributed by atoms with Gasteiger partial charge in [-0.25, -0.2) is 0 Å². The average Bonchev–Trinajstić information content (AvgIpc) is 2.16. The Labute approximate surface area is 97.0 Å². The third-order valence-electron chi connectivity index (χ3n) is 2.54. The summed E-state index contributed by atoms with van der Waals surface area (Å²) < 4.78 is 0. The van der Waals surface area contributed by atoms with Gasteiger partial charge in [0.2, 0.25) is 5.91 Å². The fourth-order valence-corrected chi connectivity index (χ4v) is 1.74. The van der Waals surface area contributed by atoms with Gasteiger partial charge in [-0.2, -0.15) is 0 Å². The Morgan fingerprint density at radius 2 is 2.00 bits per heavy atom. The van der Waals surface area contributed by atoms with Crippen LogP contribution < -0.4 is 11.1 Å². The van der Waals surface area contributed by atoms with Crippen LogP contribution in [-0.4, -0.2) is 11.9 Å². The van der Waals surface area contributed by atoms with Crippen LogP contribution in [0, 0.1) is 6.92 Å². The molecule has 1 unspecified atom stereocenters. The fraction of sp³-hybridized carbons (Fsp3) is 0.462. The lowest BCUT2D eigenvalue weighted by molar-refractivity contribution is -0.122. The van der Waals surface area contributed by atoms with Gasteiger partial charge in [0, 0.05) is 12.5 Å². The molecule has 1 amide bonds. The minimum absolute atomic E-state index is 0.00533. The summed E-state index contributed by atoms with van der Waals surface area (Å²) in [6.45, 7) is 5.86. The molecule has 0 aliphatic heterocycles. The van der Waals surface area contributed by atoms with Gasteiger partial charge < -0.3 is 11.1 Å². The topological polar surface area (TPSA) is 55.1 Å². The van der Waals surface area contributed by atoms with Crippen LogP contribution in [0.25, 0.3) is 0 Å². The van der Waals surface area contributed by atoms with E-state index in [1.165, 1.54) is 5.56 Å². The van der Waals surface area contributed by atoms with E-state index in [0.29, 0.717) is 6.42 Å². The molecule has 0 heterocycles. The summed E-state index contributed by atoms with van der Waals surface area (Å²) in [5, 5.41) is 2.95. The molecule has 16 heavy (non-hydrogen) atoms. The van der Waals surface area contributed by atoms with E-state index in [2.05, 4.69) is 5.32 Å². The highest BCUT2D eigenvalue weighted by Crippen LogP contribution is 2.16. The Hall–Kier alpha value is -1.35. The zero-order valence-electron chi connectivity index (χ0n) is 10.2. The molecule has 0 radical (unpaired) electrons. The first-order valence-corrected chi connectivity index (χ1v) is 5.61. The number of hydrogen-bond donors (Lipinski definition) is 2. The number of amides is 1. The first-order valence-electron chi connectivity index (χ1n) is 5.61. The van der Waals surface area contributed by atoms with E-state index >= 15 is 0 Å². The SMILES string of the molecule is Cc1ccccc1[C@H](C)NC(=O)CC(C)N. The number of carbonyl (C=O) groups is 1. The van der Waals surface area contributed by atoms with Crippen LogP contribution in [-0.2, 0) is 4.79 Å². The maximum atomic E-state index is 11.6. The predicted molar refractivity (Wildman–Crippen MR) is 66.0 cm³/mol. The van der Waals surface area contributed by atoms with E-state index in [0.717, 1.165) is 5.56 Å². The minimum Gasteiger partial charge on any atom is -0.350 e. The Morgan fingerprint density at radius 3 is 2.56 bits per heavy atom. The van der Waals surface area contributed by atoms with Crippen molar-refractivity contribution < 1.29 is 4.79 Å². The van der Waals surface area contributed by atoms with Crippen molar-refractivity contribution >= 4 is 5.91 Å². The van der Waals surface area contributed by atoms with Gasteiger partial charge in [0.1, 0.15) is 0 Å². The molecule has 0 bridgehead atoms. The van der Waals surface area contributed by atoms with Gasteiger partial charge >= 0.3 is 0 Å². The van der Waals surface area contributed by atoms with E-state index in [9.17, 15) is 4.79 Å². The van der Waals surface area contributed by atoms with Crippen LogP contribution >= 0.6 is 0 Å². The van der Waals surface area contributed by atoms with Crippen LogP contribution in [0.1, 0.15) is 37.4 Å². The summed E-state index contributed by atoms with van der Waals surface area (Å²) in [7, 11) is 0. The highest BCUT2D eigenvalue weighted by molar-refractivity contribution is 5.77. The summed E-state index contributed by atoms with van der Waals surface area (Å²) >= 11 is 0. The Balaban J connectivity index is 2.62. The molecule has 1 rings (SSSR count). The van der Waals surface area contributed by atoms with Gasteiger partial charge in [0.05, 0.1) is 6.04 Å². The van der Waals surface area contributed by atoms with Gasteiger partial charge in [0.25, 0.3) is 0 Å². The molecule has 0 saturated heterocycles. The molecule has 2 atom stereocenters. The maximum Gasteiger partial charge on any atom is 0.222 e. The van der Waals surface area contributed by atoms with Crippen molar-refractivity contribution in [3.8, 4) is 0 Å². The average molecular weight is 220 g/mol. The zero-order valence-corrected chi connectivity index (χ0v) is 10.2. The third kappa shape index (κ3) is 3.66. The van der Waals surface area contributed by atoms with Crippen LogP contribution in [0.15, 0.2) is 24.3 Å². The van der Waals surface area contributed by atoms with Gasteiger partial charge in [-0.05, 0) is 31.9 Å². The first-order chi connectivity index (χ1) is 7.50. The van der Waals surface area contributed by atoms with E-state index in [-0.39, 0.29) is 18.0 Å². The summed E-state index contributed by atoms with van der Waals surface area (Å²) in [4.78, 5) is 11.6. The lowest BCUT2D eigenvalue weighted by Crippen LogP contribution is -2.31. The molecule has 0 aromatic heterocycles. The standard InChI is InChI=1S/C13H20N2O/c1-9-6-4-5-7-12(9)11(3)15-13(16)8-10(2)14/h4-7,10-11H,8,14H2,1-3H3,(H,15,16)/t10?,11-/m0/s1. The number of hydrogen-bond acceptors (Lipinski definition) is 2. The largest absolute Gasteiger partial charge is 0.350 e. The Bertz CT molecular complexity index is 361. The molecule has 0 fully saturated rings. The van der Waals surface area contributed by atoms with Crippen molar-refractivity contribution in [3.63, 3.8) is 0 Å². The lowest BCUT2D eigenvalue weighted by atomic mass is 10.0. The number of rotatable bonds is 4.